The minimum atomic E-state index is -0.0720. The molecule has 1 aromatic rings. The molecule has 1 heterocycles. The van der Waals surface area contributed by atoms with E-state index < -0.39 is 0 Å². The molecule has 2 rings (SSSR count). The van der Waals surface area contributed by atoms with Crippen LogP contribution in [0.15, 0.2) is 24.3 Å². The summed E-state index contributed by atoms with van der Waals surface area (Å²) in [4.78, 5) is 2.49. The molecule has 2 N–H and O–H groups in total. The Morgan fingerprint density at radius 3 is 2.37 bits per heavy atom. The van der Waals surface area contributed by atoms with Gasteiger partial charge in [-0.15, -0.1) is 0 Å². The molecule has 1 aliphatic heterocycles. The van der Waals surface area contributed by atoms with Gasteiger partial charge in [0.1, 0.15) is 0 Å². The van der Waals surface area contributed by atoms with E-state index >= 15 is 0 Å². The van der Waals surface area contributed by atoms with Crippen molar-refractivity contribution in [2.75, 3.05) is 25.4 Å². The molecule has 0 amide bonds. The molecule has 0 saturated carbocycles. The highest BCUT2D eigenvalue weighted by Gasteiger charge is 2.37. The number of anilines is 1. The molecular weight excluding hydrogens is 236 g/mol. The average molecular weight is 262 g/mol. The maximum absolute atomic E-state index is 6.10. The number of morpholine rings is 1. The zero-order valence-electron chi connectivity index (χ0n) is 12.6. The van der Waals surface area contributed by atoms with E-state index in [1.165, 1.54) is 5.56 Å². The topological polar surface area (TPSA) is 38.5 Å². The zero-order chi connectivity index (χ0) is 14.1. The lowest BCUT2D eigenvalue weighted by Crippen LogP contribution is -2.57. The van der Waals surface area contributed by atoms with Crippen molar-refractivity contribution in [1.82, 2.24) is 4.90 Å². The molecule has 1 aromatic carbocycles. The predicted octanol–water partition coefficient (Wildman–Crippen LogP) is 2.70. The number of nitrogens with two attached hydrogens (primary N) is 1. The third kappa shape index (κ3) is 4.22. The summed E-state index contributed by atoms with van der Waals surface area (Å²) in [6, 6.07) is 8.17. The van der Waals surface area contributed by atoms with Crippen LogP contribution in [0, 0.1) is 0 Å². The third-order valence-corrected chi connectivity index (χ3v) is 3.43. The second-order valence-electron chi connectivity index (χ2n) is 6.83. The fourth-order valence-electron chi connectivity index (χ4n) is 3.14. The maximum Gasteiger partial charge on any atom is 0.0760 e. The number of hydrogen-bond acceptors (Lipinski definition) is 3. The normalized spacial score (nSPS) is 22.3. The van der Waals surface area contributed by atoms with E-state index in [-0.39, 0.29) is 11.2 Å². The van der Waals surface area contributed by atoms with Gasteiger partial charge < -0.3 is 10.5 Å². The van der Waals surface area contributed by atoms with E-state index in [2.05, 4.69) is 44.7 Å². The Morgan fingerprint density at radius 2 is 1.79 bits per heavy atom. The minimum Gasteiger partial charge on any atom is -0.399 e. The molecule has 106 valence electrons. The Kier molecular flexibility index (Phi) is 3.88. The highest BCUT2D eigenvalue weighted by Crippen LogP contribution is 2.28. The van der Waals surface area contributed by atoms with E-state index in [0.29, 0.717) is 0 Å². The van der Waals surface area contributed by atoms with Crippen LogP contribution in [-0.2, 0) is 11.2 Å². The molecule has 0 atom stereocenters. The molecule has 0 spiro atoms. The van der Waals surface area contributed by atoms with Gasteiger partial charge in [-0.3, -0.25) is 4.90 Å². The van der Waals surface area contributed by atoms with E-state index in [4.69, 9.17) is 10.5 Å². The molecule has 0 aliphatic carbocycles. The molecule has 0 radical (unpaired) electrons. The number of benzene rings is 1. The lowest BCUT2D eigenvalue weighted by Gasteiger charge is -2.47. The van der Waals surface area contributed by atoms with Gasteiger partial charge in [0.15, 0.2) is 0 Å². The molecular formula is C16H26N2O. The second kappa shape index (κ2) is 5.14. The Bertz CT molecular complexity index is 424. The first-order valence-corrected chi connectivity index (χ1v) is 7.03. The van der Waals surface area contributed by atoms with Gasteiger partial charge in [-0.2, -0.15) is 0 Å². The van der Waals surface area contributed by atoms with E-state index in [0.717, 1.165) is 31.7 Å². The van der Waals surface area contributed by atoms with Gasteiger partial charge in [-0.1, -0.05) is 12.1 Å². The standard InChI is InChI=1S/C16H26N2O/c1-15(2)11-18(12-16(3,4)19-15)9-8-13-6-5-7-14(17)10-13/h5-7,10H,8-9,11-12,17H2,1-4H3. The van der Waals surface area contributed by atoms with Gasteiger partial charge in [-0.05, 0) is 51.8 Å². The van der Waals surface area contributed by atoms with Crippen LogP contribution < -0.4 is 5.73 Å². The molecule has 3 nitrogen and oxygen atoms in total. The minimum absolute atomic E-state index is 0.0720. The van der Waals surface area contributed by atoms with E-state index in [1.807, 2.05) is 12.1 Å². The molecule has 19 heavy (non-hydrogen) atoms. The number of rotatable bonds is 3. The summed E-state index contributed by atoms with van der Waals surface area (Å²) in [5.74, 6) is 0. The summed E-state index contributed by atoms with van der Waals surface area (Å²) in [5.41, 5.74) is 7.83. The quantitative estimate of drug-likeness (QED) is 0.851. The molecule has 1 fully saturated rings. The fraction of sp³-hybridized carbons (Fsp3) is 0.625. The molecule has 0 bridgehead atoms. The van der Waals surface area contributed by atoms with Crippen LogP contribution in [0.1, 0.15) is 33.3 Å². The third-order valence-electron chi connectivity index (χ3n) is 3.43. The van der Waals surface area contributed by atoms with Crippen LogP contribution in [0.2, 0.25) is 0 Å². The van der Waals surface area contributed by atoms with Crippen molar-refractivity contribution in [3.05, 3.63) is 29.8 Å². The van der Waals surface area contributed by atoms with Gasteiger partial charge in [0, 0.05) is 25.3 Å². The lowest BCUT2D eigenvalue weighted by atomic mass is 9.98. The summed E-state index contributed by atoms with van der Waals surface area (Å²) in [6.45, 7) is 11.7. The number of hydrogen-bond donors (Lipinski definition) is 1. The zero-order valence-corrected chi connectivity index (χ0v) is 12.6. The van der Waals surface area contributed by atoms with Gasteiger partial charge in [0.25, 0.3) is 0 Å². The highest BCUT2D eigenvalue weighted by atomic mass is 16.5. The van der Waals surface area contributed by atoms with Crippen molar-refractivity contribution < 1.29 is 4.74 Å². The maximum atomic E-state index is 6.10. The first kappa shape index (κ1) is 14.4. The molecule has 1 saturated heterocycles. The number of ether oxygens (including phenoxy) is 1. The van der Waals surface area contributed by atoms with Crippen molar-refractivity contribution >= 4 is 5.69 Å². The highest BCUT2D eigenvalue weighted by molar-refractivity contribution is 5.40. The Balaban J connectivity index is 1.96. The average Bonchev–Trinajstić information content (AvgIpc) is 2.22. The first-order chi connectivity index (χ1) is 8.76. The Morgan fingerprint density at radius 1 is 1.16 bits per heavy atom. The monoisotopic (exact) mass is 262 g/mol. The Labute approximate surface area is 116 Å². The molecule has 0 aromatic heterocycles. The smallest absolute Gasteiger partial charge is 0.0760 e. The summed E-state index contributed by atoms with van der Waals surface area (Å²) in [7, 11) is 0. The molecule has 0 unspecified atom stereocenters. The van der Waals surface area contributed by atoms with Crippen molar-refractivity contribution in [3.63, 3.8) is 0 Å². The van der Waals surface area contributed by atoms with E-state index in [1.54, 1.807) is 0 Å². The van der Waals surface area contributed by atoms with E-state index in [9.17, 15) is 0 Å². The molecule has 3 heteroatoms. The van der Waals surface area contributed by atoms with Crippen LogP contribution in [-0.4, -0.2) is 35.7 Å². The second-order valence-corrected chi connectivity index (χ2v) is 6.83. The Hall–Kier alpha value is -1.06. The summed E-state index contributed by atoms with van der Waals surface area (Å²) >= 11 is 0. The fourth-order valence-corrected chi connectivity index (χ4v) is 3.14. The van der Waals surface area contributed by atoms with Crippen molar-refractivity contribution in [3.8, 4) is 0 Å². The number of nitrogens with zero attached hydrogens (tertiary/aromatic N) is 1. The lowest BCUT2D eigenvalue weighted by molar-refractivity contribution is -0.180. The molecule has 1 aliphatic rings. The van der Waals surface area contributed by atoms with Crippen LogP contribution in [0.3, 0.4) is 0 Å². The van der Waals surface area contributed by atoms with Gasteiger partial charge in [0.05, 0.1) is 11.2 Å². The van der Waals surface area contributed by atoms with Crippen molar-refractivity contribution in [1.29, 1.82) is 0 Å². The summed E-state index contributed by atoms with van der Waals surface area (Å²) < 4.78 is 6.10. The van der Waals surface area contributed by atoms with Crippen LogP contribution in [0.25, 0.3) is 0 Å². The van der Waals surface area contributed by atoms with Gasteiger partial charge in [0.2, 0.25) is 0 Å². The van der Waals surface area contributed by atoms with Gasteiger partial charge in [-0.25, -0.2) is 0 Å². The van der Waals surface area contributed by atoms with Crippen LogP contribution in [0.5, 0.6) is 0 Å². The van der Waals surface area contributed by atoms with Crippen molar-refractivity contribution in [2.45, 2.75) is 45.3 Å². The first-order valence-electron chi connectivity index (χ1n) is 7.03. The SMILES string of the molecule is CC1(C)CN(CCc2cccc(N)c2)CC(C)(C)O1. The predicted molar refractivity (Wildman–Crippen MR) is 80.2 cm³/mol. The van der Waals surface area contributed by atoms with Crippen LogP contribution in [0.4, 0.5) is 5.69 Å². The summed E-state index contributed by atoms with van der Waals surface area (Å²) in [6.07, 6.45) is 1.04. The largest absolute Gasteiger partial charge is 0.399 e. The van der Waals surface area contributed by atoms with Gasteiger partial charge >= 0.3 is 0 Å². The van der Waals surface area contributed by atoms with Crippen LogP contribution >= 0.6 is 0 Å². The number of nitrogen functional groups attached to an aromatic ring is 1. The van der Waals surface area contributed by atoms with Crippen molar-refractivity contribution in [2.24, 2.45) is 0 Å². The summed E-state index contributed by atoms with van der Waals surface area (Å²) in [5, 5.41) is 0.